The number of rotatable bonds is 7. The number of nitrogens with two attached hydrogens (primary N) is 4. The minimum atomic E-state index is -0.452. The van der Waals surface area contributed by atoms with E-state index in [-0.39, 0.29) is 23.5 Å². The predicted molar refractivity (Wildman–Crippen MR) is 239 cm³/mol. The average molecular weight is 879 g/mol. The fourth-order valence-corrected chi connectivity index (χ4v) is 7.55. The van der Waals surface area contributed by atoms with E-state index < -0.39 is 9.85 Å². The van der Waals surface area contributed by atoms with Gasteiger partial charge in [-0.2, -0.15) is 15.3 Å². The van der Waals surface area contributed by atoms with Crippen LogP contribution in [-0.4, -0.2) is 95.9 Å². The number of aromatic nitrogens is 12. The number of anilines is 4. The van der Waals surface area contributed by atoms with Gasteiger partial charge in [-0.25, -0.2) is 39.3 Å². The zero-order chi connectivity index (χ0) is 45.2. The first-order chi connectivity index (χ1) is 31.5. The molecule has 0 aliphatic carbocycles. The van der Waals surface area contributed by atoms with Crippen LogP contribution in [0.5, 0.6) is 0 Å². The molecule has 2 aliphatic heterocycles. The number of nitro benzene ring substituents is 2. The molecule has 0 amide bonds. The smallest absolute Gasteiger partial charge is 0.269 e. The lowest BCUT2D eigenvalue weighted by Gasteiger charge is -2.08. The maximum Gasteiger partial charge on any atom is 0.269 e. The van der Waals surface area contributed by atoms with Gasteiger partial charge in [-0.15, -0.1) is 0 Å². The Kier molecular flexibility index (Phi) is 11.2. The molecular formula is C41H38N18O6. The second kappa shape index (κ2) is 17.5. The lowest BCUT2D eigenvalue weighted by Crippen LogP contribution is -2.11. The summed E-state index contributed by atoms with van der Waals surface area (Å²) in [4.78, 5) is 45.3. The summed E-state index contributed by atoms with van der Waals surface area (Å²) in [6.45, 7) is 2.63. The van der Waals surface area contributed by atoms with Crippen molar-refractivity contribution >= 4 is 67.6 Å². The first-order valence-corrected chi connectivity index (χ1v) is 20.0. The zero-order valence-electron chi connectivity index (χ0n) is 34.1. The lowest BCUT2D eigenvalue weighted by atomic mass is 10.1. The number of H-pyrrole nitrogens is 1. The molecule has 2 atom stereocenters. The van der Waals surface area contributed by atoms with Crippen molar-refractivity contribution in [1.29, 1.82) is 0 Å². The summed E-state index contributed by atoms with van der Waals surface area (Å²) in [6, 6.07) is 20.1. The molecule has 8 heterocycles. The van der Waals surface area contributed by atoms with Crippen molar-refractivity contribution in [3.8, 4) is 33.8 Å². The summed E-state index contributed by atoms with van der Waals surface area (Å²) in [5, 5.41) is 39.7. The highest BCUT2D eigenvalue weighted by Crippen LogP contribution is 2.36. The highest BCUT2D eigenvalue weighted by molar-refractivity contribution is 6.00. The summed E-state index contributed by atoms with van der Waals surface area (Å²) >= 11 is 0. The van der Waals surface area contributed by atoms with Gasteiger partial charge in [-0.1, -0.05) is 12.1 Å². The van der Waals surface area contributed by atoms with Crippen LogP contribution in [-0.2, 0) is 9.47 Å². The maximum absolute atomic E-state index is 10.8. The molecule has 6 aromatic heterocycles. The summed E-state index contributed by atoms with van der Waals surface area (Å²) in [6.07, 6.45) is 5.98. The van der Waals surface area contributed by atoms with E-state index in [1.54, 1.807) is 24.3 Å². The molecule has 11 rings (SSSR count). The van der Waals surface area contributed by atoms with Gasteiger partial charge in [0.05, 0.1) is 57.0 Å². The Balaban J connectivity index is 0.000000124. The number of nitrogens with one attached hydrogen (secondary N) is 1. The van der Waals surface area contributed by atoms with Crippen LogP contribution >= 0.6 is 0 Å². The van der Waals surface area contributed by atoms with Crippen LogP contribution in [0.15, 0.2) is 91.8 Å². The van der Waals surface area contributed by atoms with Gasteiger partial charge in [0.15, 0.2) is 16.9 Å². The summed E-state index contributed by atoms with van der Waals surface area (Å²) in [5.41, 5.74) is 30.7. The molecule has 328 valence electrons. The number of nitro groups is 2. The maximum atomic E-state index is 10.8. The van der Waals surface area contributed by atoms with Crippen LogP contribution in [0.1, 0.15) is 24.9 Å². The van der Waals surface area contributed by atoms with Gasteiger partial charge < -0.3 is 32.4 Å². The van der Waals surface area contributed by atoms with Crippen molar-refractivity contribution in [3.63, 3.8) is 0 Å². The number of aromatic amines is 1. The molecule has 2 aliphatic rings. The molecule has 0 saturated carbocycles. The molecule has 2 fully saturated rings. The van der Waals surface area contributed by atoms with E-state index in [0.29, 0.717) is 76.4 Å². The molecule has 0 spiro atoms. The minimum Gasteiger partial charge on any atom is -0.399 e. The Labute approximate surface area is 366 Å². The van der Waals surface area contributed by atoms with E-state index >= 15 is 0 Å². The summed E-state index contributed by atoms with van der Waals surface area (Å²) in [7, 11) is 0. The van der Waals surface area contributed by atoms with Crippen LogP contribution in [0.4, 0.5) is 34.5 Å². The first kappa shape index (κ1) is 41.6. The minimum absolute atomic E-state index is 0.0240. The van der Waals surface area contributed by atoms with Crippen molar-refractivity contribution in [2.45, 2.75) is 24.9 Å². The van der Waals surface area contributed by atoms with Crippen LogP contribution in [0, 0.1) is 20.2 Å². The molecule has 0 unspecified atom stereocenters. The molecule has 65 heavy (non-hydrogen) atoms. The van der Waals surface area contributed by atoms with Crippen LogP contribution in [0.2, 0.25) is 0 Å². The van der Waals surface area contributed by atoms with Crippen LogP contribution < -0.4 is 22.9 Å². The van der Waals surface area contributed by atoms with E-state index in [4.69, 9.17) is 37.5 Å². The predicted octanol–water partition coefficient (Wildman–Crippen LogP) is 5.07. The van der Waals surface area contributed by atoms with Crippen molar-refractivity contribution in [3.05, 3.63) is 112 Å². The van der Waals surface area contributed by atoms with E-state index in [0.717, 1.165) is 52.9 Å². The molecule has 2 saturated heterocycles. The van der Waals surface area contributed by atoms with Gasteiger partial charge in [0, 0.05) is 59.9 Å². The third-order valence-electron chi connectivity index (χ3n) is 10.8. The SMILES string of the molecule is Nc1ccc(-c2nn([C@@H]3CCOC3)c3ncnc(N)c23)cc1.Nc1ncnc2c1c(-c1ccc([N+](=O)[O-])cc1)nn2[C@@H]1CCOC1.Nc1ncnc2n[nH]c(-c3ccc([N+](=O)[O-])cc3)c12. The molecule has 0 bridgehead atoms. The molecule has 24 heteroatoms. The number of nitrogens with zero attached hydrogens (tertiary/aromatic N) is 13. The fourth-order valence-electron chi connectivity index (χ4n) is 7.55. The average Bonchev–Trinajstić information content (AvgIpc) is 4.18. The number of non-ortho nitro benzene ring substituents is 2. The largest absolute Gasteiger partial charge is 0.399 e. The standard InChI is InChI=1S/C15H14N6O3.C15H16N6O.C11H8N6O2/c16-14-12-13(9-1-3-10(4-2-9)21(22)23)19-20(11-5-6-24-7-11)15(12)18-8-17-14;16-10-3-1-9(2-4-10)13-12-14(17)18-8-19-15(12)21(20-13)11-5-6-22-7-11;12-10-8-9(15-16-11(8)14-5-13-10)6-1-3-7(4-2-6)17(18)19/h1-4,8,11H,5-7H2,(H2,16,17,18);1-4,8,11H,5-7,16H2,(H2,17,18,19);1-5H,(H3,12,13,14,15,16)/t2*11-;/m11./s1. The van der Waals surface area contributed by atoms with E-state index in [9.17, 15) is 20.2 Å². The Bertz CT molecular complexity index is 3180. The molecular weight excluding hydrogens is 841 g/mol. The molecule has 9 N–H and O–H groups in total. The molecule has 3 aromatic carbocycles. The summed E-state index contributed by atoms with van der Waals surface area (Å²) < 4.78 is 14.6. The third kappa shape index (κ3) is 8.19. The Morgan fingerprint density at radius 2 is 1.00 bits per heavy atom. The Morgan fingerprint density at radius 3 is 1.45 bits per heavy atom. The highest BCUT2D eigenvalue weighted by Gasteiger charge is 2.27. The monoisotopic (exact) mass is 878 g/mol. The van der Waals surface area contributed by atoms with Crippen LogP contribution in [0.25, 0.3) is 66.9 Å². The van der Waals surface area contributed by atoms with E-state index in [2.05, 4.69) is 45.2 Å². The number of hydrogen-bond acceptors (Lipinski definition) is 19. The van der Waals surface area contributed by atoms with Crippen molar-refractivity contribution in [2.75, 3.05) is 49.4 Å². The van der Waals surface area contributed by atoms with Gasteiger partial charge in [0.1, 0.15) is 47.8 Å². The lowest BCUT2D eigenvalue weighted by molar-refractivity contribution is -0.385. The normalized spacial score (nSPS) is 15.7. The van der Waals surface area contributed by atoms with Crippen molar-refractivity contribution in [2.24, 2.45) is 0 Å². The number of hydrogen-bond donors (Lipinski definition) is 5. The number of nitrogen functional groups attached to an aromatic ring is 4. The second-order valence-electron chi connectivity index (χ2n) is 14.8. The van der Waals surface area contributed by atoms with Gasteiger partial charge in [-0.3, -0.25) is 25.3 Å². The highest BCUT2D eigenvalue weighted by atomic mass is 16.6. The second-order valence-corrected chi connectivity index (χ2v) is 14.8. The van der Waals surface area contributed by atoms with E-state index in [1.807, 2.05) is 33.6 Å². The van der Waals surface area contributed by atoms with Gasteiger partial charge >= 0.3 is 0 Å². The first-order valence-electron chi connectivity index (χ1n) is 20.0. The zero-order valence-corrected chi connectivity index (χ0v) is 34.1. The van der Waals surface area contributed by atoms with Gasteiger partial charge in [0.25, 0.3) is 11.4 Å². The number of fused-ring (bicyclic) bond motifs is 3. The van der Waals surface area contributed by atoms with E-state index in [1.165, 1.54) is 43.2 Å². The molecule has 9 aromatic rings. The number of benzene rings is 3. The van der Waals surface area contributed by atoms with Gasteiger partial charge in [-0.05, 0) is 49.2 Å². The summed E-state index contributed by atoms with van der Waals surface area (Å²) in [5.74, 6) is 1.08. The molecule has 24 nitrogen and oxygen atoms in total. The Morgan fingerprint density at radius 1 is 0.569 bits per heavy atom. The number of ether oxygens (including phenoxy) is 2. The van der Waals surface area contributed by atoms with Gasteiger partial charge in [0.2, 0.25) is 0 Å². The van der Waals surface area contributed by atoms with Crippen molar-refractivity contribution < 1.29 is 19.3 Å². The third-order valence-corrected chi connectivity index (χ3v) is 10.8. The van der Waals surface area contributed by atoms with Crippen molar-refractivity contribution in [1.82, 2.24) is 59.7 Å². The molecule has 0 radical (unpaired) electrons. The quantitative estimate of drug-likeness (QED) is 0.0791. The topological polar surface area (TPSA) is 350 Å². The van der Waals surface area contributed by atoms with Crippen LogP contribution in [0.3, 0.4) is 0 Å². The fraction of sp³-hybridized carbons (Fsp3) is 0.195. The Hall–Kier alpha value is -8.77.